The van der Waals surface area contributed by atoms with Gasteiger partial charge in [-0.3, -0.25) is 4.98 Å². The molecule has 0 unspecified atom stereocenters. The third-order valence-corrected chi connectivity index (χ3v) is 4.73. The van der Waals surface area contributed by atoms with Gasteiger partial charge in [0.2, 0.25) is 0 Å². The Labute approximate surface area is 170 Å². The summed E-state index contributed by atoms with van der Waals surface area (Å²) in [5, 5.41) is 5.92. The van der Waals surface area contributed by atoms with Crippen LogP contribution in [0.25, 0.3) is 28.0 Å². The van der Waals surface area contributed by atoms with Crippen molar-refractivity contribution in [2.24, 2.45) is 0 Å². The third-order valence-electron chi connectivity index (χ3n) is 4.21. The molecular weight excluding hydrogens is 402 g/mol. The summed E-state index contributed by atoms with van der Waals surface area (Å²) in [6, 6.07) is 11.9. The van der Waals surface area contributed by atoms with Gasteiger partial charge in [0, 0.05) is 34.8 Å². The Hall–Kier alpha value is -2.54. The summed E-state index contributed by atoms with van der Waals surface area (Å²) >= 11 is 12.2. The minimum absolute atomic E-state index is 0.0352. The van der Waals surface area contributed by atoms with Crippen molar-refractivity contribution in [2.75, 3.05) is 7.11 Å². The van der Waals surface area contributed by atoms with Crippen LogP contribution in [-0.4, -0.2) is 26.9 Å². The summed E-state index contributed by atoms with van der Waals surface area (Å²) in [4.78, 5) is 9.24. The van der Waals surface area contributed by atoms with E-state index in [1.54, 1.807) is 23.9 Å². The molecular formula is C20H15Cl2FN4O. The zero-order chi connectivity index (χ0) is 19.8. The average Bonchev–Trinajstić information content (AvgIpc) is 3.08. The van der Waals surface area contributed by atoms with Crippen LogP contribution in [0, 0.1) is 12.7 Å². The molecule has 8 heteroatoms. The number of benzene rings is 2. The van der Waals surface area contributed by atoms with Gasteiger partial charge in [0.05, 0.1) is 16.2 Å². The number of nitrogens with zero attached hydrogens (tertiary/aromatic N) is 4. The highest BCUT2D eigenvalue weighted by atomic mass is 35.5. The molecule has 0 spiro atoms. The fraction of sp³-hybridized carbons (Fsp3) is 0.150. The maximum Gasteiger partial charge on any atom is 0.177 e. The van der Waals surface area contributed by atoms with Crippen molar-refractivity contribution in [1.29, 1.82) is 0 Å². The van der Waals surface area contributed by atoms with Crippen molar-refractivity contribution in [3.8, 4) is 17.1 Å². The van der Waals surface area contributed by atoms with E-state index in [4.69, 9.17) is 27.9 Å². The van der Waals surface area contributed by atoms with Crippen LogP contribution in [0.15, 0.2) is 42.5 Å². The predicted molar refractivity (Wildman–Crippen MR) is 108 cm³/mol. The maximum absolute atomic E-state index is 14.1. The molecule has 0 saturated heterocycles. The Bertz CT molecular complexity index is 1190. The number of pyridine rings is 1. The molecule has 5 nitrogen and oxygen atoms in total. The lowest BCUT2D eigenvalue weighted by Gasteiger charge is -2.10. The van der Waals surface area contributed by atoms with E-state index in [0.29, 0.717) is 27.9 Å². The van der Waals surface area contributed by atoms with E-state index >= 15 is 0 Å². The lowest BCUT2D eigenvalue weighted by atomic mass is 10.1. The normalized spacial score (nSPS) is 11.3. The molecule has 142 valence electrons. The number of halogens is 3. The Morgan fingerprint density at radius 3 is 2.64 bits per heavy atom. The first-order valence-corrected chi connectivity index (χ1v) is 9.19. The SMILES string of the molecule is COCc1nc(-c2cc(Cl)cc3ccc(C)nc23)n(-c2ccc(Cl)c(F)c2)n1. The molecule has 4 rings (SSSR count). The second-order valence-electron chi connectivity index (χ2n) is 6.27. The number of aromatic nitrogens is 4. The van der Waals surface area contributed by atoms with E-state index in [2.05, 4.69) is 15.1 Å². The summed E-state index contributed by atoms with van der Waals surface area (Å²) in [5.41, 5.74) is 2.76. The second-order valence-corrected chi connectivity index (χ2v) is 7.12. The number of hydrogen-bond donors (Lipinski definition) is 0. The van der Waals surface area contributed by atoms with Gasteiger partial charge in [-0.05, 0) is 37.3 Å². The zero-order valence-corrected chi connectivity index (χ0v) is 16.6. The molecule has 0 atom stereocenters. The molecule has 0 aliphatic carbocycles. The van der Waals surface area contributed by atoms with E-state index in [-0.39, 0.29) is 11.6 Å². The highest BCUT2D eigenvalue weighted by molar-refractivity contribution is 6.32. The molecule has 4 aromatic rings. The monoisotopic (exact) mass is 416 g/mol. The molecule has 0 aliphatic heterocycles. The van der Waals surface area contributed by atoms with Crippen LogP contribution < -0.4 is 0 Å². The minimum atomic E-state index is -0.543. The first kappa shape index (κ1) is 18.8. The van der Waals surface area contributed by atoms with Crippen molar-refractivity contribution >= 4 is 34.1 Å². The second kappa shape index (κ2) is 7.47. The average molecular weight is 417 g/mol. The molecule has 0 fully saturated rings. The number of aryl methyl sites for hydroxylation is 1. The lowest BCUT2D eigenvalue weighted by molar-refractivity contribution is 0.178. The van der Waals surface area contributed by atoms with E-state index in [0.717, 1.165) is 16.6 Å². The molecule has 28 heavy (non-hydrogen) atoms. The number of methoxy groups -OCH3 is 1. The number of rotatable bonds is 4. The minimum Gasteiger partial charge on any atom is -0.377 e. The van der Waals surface area contributed by atoms with E-state index in [9.17, 15) is 4.39 Å². The summed E-state index contributed by atoms with van der Waals surface area (Å²) in [7, 11) is 1.56. The first-order chi connectivity index (χ1) is 13.5. The van der Waals surface area contributed by atoms with Gasteiger partial charge in [-0.25, -0.2) is 14.1 Å². The third kappa shape index (κ3) is 3.46. The number of hydrogen-bond acceptors (Lipinski definition) is 4. The maximum atomic E-state index is 14.1. The Kier molecular flexibility index (Phi) is 5.02. The quantitative estimate of drug-likeness (QED) is 0.447. The molecule has 2 aromatic heterocycles. The highest BCUT2D eigenvalue weighted by Crippen LogP contribution is 2.32. The van der Waals surface area contributed by atoms with Gasteiger partial charge in [-0.15, -0.1) is 5.10 Å². The summed E-state index contributed by atoms with van der Waals surface area (Å²) in [6.45, 7) is 2.12. The van der Waals surface area contributed by atoms with E-state index < -0.39 is 5.82 Å². The standard InChI is InChI=1S/C20H15Cl2FN4O/c1-11-3-4-12-7-13(21)8-15(19(12)24-11)20-25-18(10-28-2)26-27(20)14-5-6-16(22)17(23)9-14/h3-9H,10H2,1-2H3. The van der Waals surface area contributed by atoms with Crippen LogP contribution in [0.1, 0.15) is 11.5 Å². The van der Waals surface area contributed by atoms with E-state index in [1.807, 2.05) is 25.1 Å². The molecule has 0 aliphatic rings. The molecule has 2 heterocycles. The Balaban J connectivity index is 2.01. The van der Waals surface area contributed by atoms with Crippen molar-refractivity contribution in [2.45, 2.75) is 13.5 Å². The van der Waals surface area contributed by atoms with Gasteiger partial charge >= 0.3 is 0 Å². The fourth-order valence-electron chi connectivity index (χ4n) is 2.98. The van der Waals surface area contributed by atoms with Gasteiger partial charge in [-0.2, -0.15) is 0 Å². The van der Waals surface area contributed by atoms with Crippen molar-refractivity contribution in [3.63, 3.8) is 0 Å². The molecule has 0 saturated carbocycles. The van der Waals surface area contributed by atoms with Crippen molar-refractivity contribution in [1.82, 2.24) is 19.7 Å². The smallest absolute Gasteiger partial charge is 0.177 e. The van der Waals surface area contributed by atoms with E-state index in [1.165, 1.54) is 12.1 Å². The van der Waals surface area contributed by atoms with Crippen molar-refractivity contribution in [3.05, 3.63) is 69.8 Å². The number of fused-ring (bicyclic) bond motifs is 1. The summed E-state index contributed by atoms with van der Waals surface area (Å²) < 4.78 is 20.8. The van der Waals surface area contributed by atoms with Crippen LogP contribution in [0.2, 0.25) is 10.0 Å². The van der Waals surface area contributed by atoms with Crippen LogP contribution >= 0.6 is 23.2 Å². The van der Waals surface area contributed by atoms with Crippen LogP contribution in [0.5, 0.6) is 0 Å². The van der Waals surface area contributed by atoms with Gasteiger partial charge in [0.25, 0.3) is 0 Å². The topological polar surface area (TPSA) is 52.8 Å². The van der Waals surface area contributed by atoms with Crippen molar-refractivity contribution < 1.29 is 9.13 Å². The fourth-order valence-corrected chi connectivity index (χ4v) is 3.33. The predicted octanol–water partition coefficient (Wildman–Crippen LogP) is 5.38. The molecule has 2 aromatic carbocycles. The van der Waals surface area contributed by atoms with Crippen LogP contribution in [0.3, 0.4) is 0 Å². The molecule has 0 amide bonds. The summed E-state index contributed by atoms with van der Waals surface area (Å²) in [5.74, 6) is 0.395. The first-order valence-electron chi connectivity index (χ1n) is 8.44. The molecule has 0 N–H and O–H groups in total. The lowest BCUT2D eigenvalue weighted by Crippen LogP contribution is -2.02. The Morgan fingerprint density at radius 1 is 1.07 bits per heavy atom. The van der Waals surface area contributed by atoms with Gasteiger partial charge < -0.3 is 4.74 Å². The number of ether oxygens (including phenoxy) is 1. The van der Waals surface area contributed by atoms with Crippen LogP contribution in [0.4, 0.5) is 4.39 Å². The molecule has 0 radical (unpaired) electrons. The Morgan fingerprint density at radius 2 is 1.89 bits per heavy atom. The van der Waals surface area contributed by atoms with Gasteiger partial charge in [0.15, 0.2) is 11.6 Å². The highest BCUT2D eigenvalue weighted by Gasteiger charge is 2.18. The zero-order valence-electron chi connectivity index (χ0n) is 15.1. The summed E-state index contributed by atoms with van der Waals surface area (Å²) in [6.07, 6.45) is 0. The largest absolute Gasteiger partial charge is 0.377 e. The molecule has 0 bridgehead atoms. The van der Waals surface area contributed by atoms with Gasteiger partial charge in [0.1, 0.15) is 12.4 Å². The van der Waals surface area contributed by atoms with Crippen LogP contribution in [-0.2, 0) is 11.3 Å². The van der Waals surface area contributed by atoms with Gasteiger partial charge in [-0.1, -0.05) is 29.3 Å².